The van der Waals surface area contributed by atoms with Gasteiger partial charge in [0.05, 0.1) is 10.0 Å². The Labute approximate surface area is 140 Å². The van der Waals surface area contributed by atoms with Gasteiger partial charge >= 0.3 is 0 Å². The third-order valence-corrected chi connectivity index (χ3v) is 3.65. The van der Waals surface area contributed by atoms with Gasteiger partial charge in [-0.15, -0.1) is 0 Å². The molecule has 2 aromatic rings. The van der Waals surface area contributed by atoms with Crippen LogP contribution in [0.5, 0.6) is 0 Å². The van der Waals surface area contributed by atoms with E-state index in [4.69, 9.17) is 23.2 Å². The van der Waals surface area contributed by atoms with Gasteiger partial charge in [-0.1, -0.05) is 23.2 Å². The molecule has 0 spiro atoms. The van der Waals surface area contributed by atoms with Crippen LogP contribution in [0.25, 0.3) is 0 Å². The zero-order valence-corrected chi connectivity index (χ0v) is 14.1. The van der Waals surface area contributed by atoms with Crippen LogP contribution < -0.4 is 10.6 Å². The van der Waals surface area contributed by atoms with Crippen molar-refractivity contribution in [3.8, 4) is 0 Å². The van der Waals surface area contributed by atoms with E-state index >= 15 is 0 Å². The minimum Gasteiger partial charge on any atom is -0.354 e. The Hall–Kier alpha value is -1.56. The third kappa shape index (κ3) is 5.33. The van der Waals surface area contributed by atoms with Crippen LogP contribution in [-0.4, -0.2) is 42.1 Å². The second-order valence-electron chi connectivity index (χ2n) is 5.10. The number of hydrogen-bond acceptors (Lipinski definition) is 5. The molecule has 2 N–H and O–H groups in total. The van der Waals surface area contributed by atoms with Gasteiger partial charge in [0, 0.05) is 18.4 Å². The maximum Gasteiger partial charge on any atom is 0.224 e. The van der Waals surface area contributed by atoms with Crippen molar-refractivity contribution in [3.05, 3.63) is 40.5 Å². The molecule has 0 aliphatic carbocycles. The van der Waals surface area contributed by atoms with Crippen LogP contribution in [0.2, 0.25) is 10.0 Å². The zero-order chi connectivity index (χ0) is 15.9. The zero-order valence-electron chi connectivity index (χ0n) is 12.6. The molecule has 0 saturated heterocycles. The monoisotopic (exact) mass is 339 g/mol. The molecule has 7 heteroatoms. The molecular weight excluding hydrogens is 321 g/mol. The first-order valence-electron chi connectivity index (χ1n) is 6.98. The summed E-state index contributed by atoms with van der Waals surface area (Å²) in [7, 11) is 4.11. The summed E-state index contributed by atoms with van der Waals surface area (Å²) >= 11 is 11.9. The van der Waals surface area contributed by atoms with Gasteiger partial charge in [-0.3, -0.25) is 0 Å². The van der Waals surface area contributed by atoms with Crippen molar-refractivity contribution in [2.24, 2.45) is 0 Å². The number of aromatic nitrogens is 2. The van der Waals surface area contributed by atoms with E-state index in [0.717, 1.165) is 25.2 Å². The van der Waals surface area contributed by atoms with E-state index in [1.807, 2.05) is 6.07 Å². The van der Waals surface area contributed by atoms with E-state index in [2.05, 4.69) is 39.6 Å². The molecule has 0 aliphatic heterocycles. The van der Waals surface area contributed by atoms with Crippen molar-refractivity contribution < 1.29 is 0 Å². The van der Waals surface area contributed by atoms with Gasteiger partial charge in [0.1, 0.15) is 5.82 Å². The summed E-state index contributed by atoms with van der Waals surface area (Å²) in [5, 5.41) is 7.42. The molecule has 5 nitrogen and oxygen atoms in total. The largest absolute Gasteiger partial charge is 0.354 e. The molecule has 0 bridgehead atoms. The summed E-state index contributed by atoms with van der Waals surface area (Å²) in [6, 6.07) is 7.15. The lowest BCUT2D eigenvalue weighted by atomic mass is 10.3. The van der Waals surface area contributed by atoms with Gasteiger partial charge in [-0.05, 0) is 51.3 Å². The minimum absolute atomic E-state index is 0.503. The second kappa shape index (κ2) is 8.17. The molecule has 0 saturated carbocycles. The normalized spacial score (nSPS) is 10.8. The van der Waals surface area contributed by atoms with Crippen LogP contribution in [-0.2, 0) is 0 Å². The van der Waals surface area contributed by atoms with Crippen molar-refractivity contribution in [2.75, 3.05) is 37.8 Å². The van der Waals surface area contributed by atoms with Crippen molar-refractivity contribution in [3.63, 3.8) is 0 Å². The van der Waals surface area contributed by atoms with E-state index < -0.39 is 0 Å². The van der Waals surface area contributed by atoms with Gasteiger partial charge < -0.3 is 15.5 Å². The average Bonchev–Trinajstić information content (AvgIpc) is 2.48. The number of hydrogen-bond donors (Lipinski definition) is 2. The lowest BCUT2D eigenvalue weighted by Crippen LogP contribution is -2.17. The minimum atomic E-state index is 0.503. The molecule has 118 valence electrons. The Morgan fingerprint density at radius 1 is 1.14 bits per heavy atom. The smallest absolute Gasteiger partial charge is 0.224 e. The summed E-state index contributed by atoms with van der Waals surface area (Å²) in [4.78, 5) is 10.8. The highest BCUT2D eigenvalue weighted by Gasteiger charge is 2.02. The first kappa shape index (κ1) is 16.8. The SMILES string of the molecule is CN(C)CCCNc1nccc(Nc2ccc(Cl)c(Cl)c2)n1. The van der Waals surface area contributed by atoms with E-state index in [-0.39, 0.29) is 0 Å². The fourth-order valence-corrected chi connectivity index (χ4v) is 2.13. The molecule has 0 radical (unpaired) electrons. The van der Waals surface area contributed by atoms with Crippen LogP contribution in [0.1, 0.15) is 6.42 Å². The molecular formula is C15H19Cl2N5. The van der Waals surface area contributed by atoms with Crippen LogP contribution in [0.15, 0.2) is 30.5 Å². The Morgan fingerprint density at radius 2 is 1.95 bits per heavy atom. The van der Waals surface area contributed by atoms with Crippen LogP contribution >= 0.6 is 23.2 Å². The lowest BCUT2D eigenvalue weighted by Gasteiger charge is -2.11. The third-order valence-electron chi connectivity index (χ3n) is 2.91. The van der Waals surface area contributed by atoms with E-state index in [1.54, 1.807) is 24.4 Å². The van der Waals surface area contributed by atoms with Gasteiger partial charge in [0.2, 0.25) is 5.95 Å². The molecule has 0 fully saturated rings. The quantitative estimate of drug-likeness (QED) is 0.749. The predicted molar refractivity (Wildman–Crippen MR) is 93.4 cm³/mol. The van der Waals surface area contributed by atoms with E-state index in [0.29, 0.717) is 21.8 Å². The first-order valence-corrected chi connectivity index (χ1v) is 7.74. The summed E-state index contributed by atoms with van der Waals surface area (Å²) in [5.74, 6) is 1.30. The van der Waals surface area contributed by atoms with Crippen molar-refractivity contribution in [2.45, 2.75) is 6.42 Å². The predicted octanol–water partition coefficient (Wildman–Crippen LogP) is 3.89. The molecule has 1 aromatic heterocycles. The molecule has 22 heavy (non-hydrogen) atoms. The van der Waals surface area contributed by atoms with Crippen LogP contribution in [0, 0.1) is 0 Å². The second-order valence-corrected chi connectivity index (χ2v) is 5.92. The van der Waals surface area contributed by atoms with E-state index in [9.17, 15) is 0 Å². The molecule has 0 amide bonds. The highest BCUT2D eigenvalue weighted by molar-refractivity contribution is 6.42. The fraction of sp³-hybridized carbons (Fsp3) is 0.333. The fourth-order valence-electron chi connectivity index (χ4n) is 1.83. The van der Waals surface area contributed by atoms with Crippen molar-refractivity contribution in [1.29, 1.82) is 0 Å². The van der Waals surface area contributed by atoms with Crippen molar-refractivity contribution in [1.82, 2.24) is 14.9 Å². The first-order chi connectivity index (χ1) is 10.5. The molecule has 0 unspecified atom stereocenters. The number of benzene rings is 1. The van der Waals surface area contributed by atoms with E-state index in [1.165, 1.54) is 0 Å². The number of anilines is 3. The molecule has 1 aromatic carbocycles. The molecule has 0 atom stereocenters. The maximum atomic E-state index is 6.00. The number of halogens is 2. The molecule has 2 rings (SSSR count). The lowest BCUT2D eigenvalue weighted by molar-refractivity contribution is 0.405. The summed E-state index contributed by atoms with van der Waals surface area (Å²) in [6.07, 6.45) is 2.74. The average molecular weight is 340 g/mol. The van der Waals surface area contributed by atoms with Gasteiger partial charge in [0.25, 0.3) is 0 Å². The Bertz CT molecular complexity index is 619. The number of rotatable bonds is 7. The standard InChI is InChI=1S/C15H19Cl2N5/c1-22(2)9-3-7-18-15-19-8-6-14(21-15)20-11-4-5-12(16)13(17)10-11/h4-6,8,10H,3,7,9H2,1-2H3,(H2,18,19,20,21). The Morgan fingerprint density at radius 3 is 2.68 bits per heavy atom. The number of nitrogens with one attached hydrogen (secondary N) is 2. The van der Waals surface area contributed by atoms with Gasteiger partial charge in [-0.25, -0.2) is 4.98 Å². The highest BCUT2D eigenvalue weighted by atomic mass is 35.5. The van der Waals surface area contributed by atoms with Crippen LogP contribution in [0.3, 0.4) is 0 Å². The molecule has 0 aliphatic rings. The van der Waals surface area contributed by atoms with Crippen molar-refractivity contribution >= 4 is 40.7 Å². The van der Waals surface area contributed by atoms with Gasteiger partial charge in [0.15, 0.2) is 0 Å². The summed E-state index contributed by atoms with van der Waals surface area (Å²) < 4.78 is 0. The summed E-state index contributed by atoms with van der Waals surface area (Å²) in [6.45, 7) is 1.85. The maximum absolute atomic E-state index is 6.00. The summed E-state index contributed by atoms with van der Waals surface area (Å²) in [5.41, 5.74) is 0.826. The van der Waals surface area contributed by atoms with Crippen LogP contribution in [0.4, 0.5) is 17.5 Å². The molecule has 1 heterocycles. The topological polar surface area (TPSA) is 53.1 Å². The van der Waals surface area contributed by atoms with Gasteiger partial charge in [-0.2, -0.15) is 4.98 Å². The number of nitrogens with zero attached hydrogens (tertiary/aromatic N) is 3. The highest BCUT2D eigenvalue weighted by Crippen LogP contribution is 2.26. The Balaban J connectivity index is 1.94. The Kier molecular flexibility index (Phi) is 6.24.